The smallest absolute Gasteiger partial charge is 0.212 e. The molecule has 110 valence electrons. The molecular weight excluding hydrogens is 284 g/mol. The van der Waals surface area contributed by atoms with Crippen molar-refractivity contribution >= 4 is 10.0 Å². The molecule has 1 aliphatic rings. The van der Waals surface area contributed by atoms with E-state index in [-0.39, 0.29) is 11.8 Å². The third-order valence-corrected chi connectivity index (χ3v) is 5.18. The van der Waals surface area contributed by atoms with Gasteiger partial charge in [0.25, 0.3) is 0 Å². The van der Waals surface area contributed by atoms with E-state index in [9.17, 15) is 8.42 Å². The van der Waals surface area contributed by atoms with Gasteiger partial charge in [-0.2, -0.15) is 0 Å². The van der Waals surface area contributed by atoms with Crippen molar-refractivity contribution in [1.29, 1.82) is 0 Å². The first-order chi connectivity index (χ1) is 10.1. The van der Waals surface area contributed by atoms with Crippen LogP contribution in [0.5, 0.6) is 0 Å². The highest BCUT2D eigenvalue weighted by atomic mass is 32.2. The molecule has 0 unspecified atom stereocenters. The number of pyridine rings is 1. The maximum absolute atomic E-state index is 12.2. The van der Waals surface area contributed by atoms with Crippen molar-refractivity contribution in [2.24, 2.45) is 0 Å². The normalized spacial score (nSPS) is 15.0. The molecule has 0 fully saturated rings. The first-order valence-corrected chi connectivity index (χ1v) is 8.74. The first kappa shape index (κ1) is 14.2. The molecule has 4 nitrogen and oxygen atoms in total. The minimum absolute atomic E-state index is 0.0175. The standard InChI is InChI=1S/C16H18N2O2S/c19-21(20,10-8-15-7-3-4-9-17-15)18-16-11-13-5-1-2-6-14(13)12-16/h1-7,9,16,18H,8,10-12H2. The quantitative estimate of drug-likeness (QED) is 0.915. The lowest BCUT2D eigenvalue weighted by Crippen LogP contribution is -2.37. The highest BCUT2D eigenvalue weighted by Crippen LogP contribution is 2.22. The van der Waals surface area contributed by atoms with E-state index in [0.29, 0.717) is 6.42 Å². The van der Waals surface area contributed by atoms with Crippen LogP contribution in [0.2, 0.25) is 0 Å². The van der Waals surface area contributed by atoms with Crippen molar-refractivity contribution in [1.82, 2.24) is 9.71 Å². The van der Waals surface area contributed by atoms with Gasteiger partial charge < -0.3 is 0 Å². The number of nitrogens with one attached hydrogen (secondary N) is 1. The number of aromatic nitrogens is 1. The second kappa shape index (κ2) is 5.95. The van der Waals surface area contributed by atoms with Gasteiger partial charge in [-0.05, 0) is 36.1 Å². The van der Waals surface area contributed by atoms with E-state index in [1.54, 1.807) is 6.20 Å². The zero-order chi connectivity index (χ0) is 14.7. The summed E-state index contributed by atoms with van der Waals surface area (Å²) in [7, 11) is -3.27. The predicted molar refractivity (Wildman–Crippen MR) is 82.5 cm³/mol. The molecule has 0 atom stereocenters. The van der Waals surface area contributed by atoms with E-state index in [1.165, 1.54) is 11.1 Å². The average molecular weight is 302 g/mol. The Morgan fingerprint density at radius 2 is 1.71 bits per heavy atom. The van der Waals surface area contributed by atoms with Crippen molar-refractivity contribution in [2.45, 2.75) is 25.3 Å². The van der Waals surface area contributed by atoms with E-state index in [4.69, 9.17) is 0 Å². The fourth-order valence-electron chi connectivity index (χ4n) is 2.74. The number of rotatable bonds is 5. The minimum Gasteiger partial charge on any atom is -0.261 e. The third kappa shape index (κ3) is 3.68. The zero-order valence-corrected chi connectivity index (χ0v) is 12.5. The van der Waals surface area contributed by atoms with Gasteiger partial charge in [0.05, 0.1) is 5.75 Å². The fraction of sp³-hybridized carbons (Fsp3) is 0.312. The van der Waals surface area contributed by atoms with Crippen LogP contribution in [0.4, 0.5) is 0 Å². The van der Waals surface area contributed by atoms with Gasteiger partial charge in [0.1, 0.15) is 0 Å². The van der Waals surface area contributed by atoms with Crippen LogP contribution in [0.25, 0.3) is 0 Å². The molecule has 5 heteroatoms. The van der Waals surface area contributed by atoms with Gasteiger partial charge in [-0.15, -0.1) is 0 Å². The second-order valence-electron chi connectivity index (χ2n) is 5.38. The number of aryl methyl sites for hydroxylation is 1. The van der Waals surface area contributed by atoms with Crippen LogP contribution < -0.4 is 4.72 Å². The van der Waals surface area contributed by atoms with Crippen molar-refractivity contribution in [3.05, 3.63) is 65.5 Å². The van der Waals surface area contributed by atoms with Gasteiger partial charge in [-0.3, -0.25) is 4.98 Å². The summed E-state index contributed by atoms with van der Waals surface area (Å²) < 4.78 is 27.2. The molecule has 0 saturated carbocycles. The van der Waals surface area contributed by atoms with E-state index in [0.717, 1.165) is 18.5 Å². The third-order valence-electron chi connectivity index (χ3n) is 3.75. The van der Waals surface area contributed by atoms with Crippen LogP contribution in [0.15, 0.2) is 48.7 Å². The lowest BCUT2D eigenvalue weighted by atomic mass is 10.1. The summed E-state index contributed by atoms with van der Waals surface area (Å²) in [6.07, 6.45) is 3.68. The molecule has 1 aromatic heterocycles. The van der Waals surface area contributed by atoms with Crippen molar-refractivity contribution < 1.29 is 8.42 Å². The molecule has 0 aliphatic heterocycles. The Balaban J connectivity index is 1.58. The fourth-order valence-corrected chi connectivity index (χ4v) is 4.01. The Bertz CT molecular complexity index is 689. The van der Waals surface area contributed by atoms with Gasteiger partial charge >= 0.3 is 0 Å². The number of nitrogens with zero attached hydrogens (tertiary/aromatic N) is 1. The number of fused-ring (bicyclic) bond motifs is 1. The van der Waals surface area contributed by atoms with Crippen LogP contribution >= 0.6 is 0 Å². The Labute approximate surface area is 125 Å². The number of sulfonamides is 1. The highest BCUT2D eigenvalue weighted by molar-refractivity contribution is 7.89. The number of hydrogen-bond donors (Lipinski definition) is 1. The summed E-state index contributed by atoms with van der Waals surface area (Å²) in [4.78, 5) is 4.15. The van der Waals surface area contributed by atoms with Crippen LogP contribution in [0.3, 0.4) is 0 Å². The van der Waals surface area contributed by atoms with Crippen LogP contribution in [-0.2, 0) is 29.3 Å². The topological polar surface area (TPSA) is 59.1 Å². The molecule has 1 N–H and O–H groups in total. The van der Waals surface area contributed by atoms with E-state index >= 15 is 0 Å². The molecule has 0 bridgehead atoms. The van der Waals surface area contributed by atoms with E-state index in [2.05, 4.69) is 21.8 Å². The summed E-state index contributed by atoms with van der Waals surface area (Å²) in [5, 5.41) is 0. The monoisotopic (exact) mass is 302 g/mol. The Hall–Kier alpha value is -1.72. The molecular formula is C16H18N2O2S. The second-order valence-corrected chi connectivity index (χ2v) is 7.26. The lowest BCUT2D eigenvalue weighted by Gasteiger charge is -2.12. The molecule has 1 aliphatic carbocycles. The Morgan fingerprint density at radius 3 is 2.33 bits per heavy atom. The van der Waals surface area contributed by atoms with Crippen LogP contribution in [-0.4, -0.2) is 25.2 Å². The SMILES string of the molecule is O=S(=O)(CCc1ccccn1)NC1Cc2ccccc2C1. The maximum Gasteiger partial charge on any atom is 0.212 e. The van der Waals surface area contributed by atoms with Gasteiger partial charge in [0, 0.05) is 24.4 Å². The van der Waals surface area contributed by atoms with Gasteiger partial charge in [0.2, 0.25) is 10.0 Å². The van der Waals surface area contributed by atoms with Crippen LogP contribution in [0, 0.1) is 0 Å². The average Bonchev–Trinajstić information content (AvgIpc) is 2.87. The molecule has 0 spiro atoms. The summed E-state index contributed by atoms with van der Waals surface area (Å²) >= 11 is 0. The molecule has 0 amide bonds. The van der Waals surface area contributed by atoms with Crippen molar-refractivity contribution in [3.63, 3.8) is 0 Å². The molecule has 1 aromatic carbocycles. The van der Waals surface area contributed by atoms with E-state index < -0.39 is 10.0 Å². The molecule has 0 saturated heterocycles. The Kier molecular flexibility index (Phi) is 4.03. The summed E-state index contributed by atoms with van der Waals surface area (Å²) in [5.74, 6) is 0.0802. The number of benzene rings is 1. The zero-order valence-electron chi connectivity index (χ0n) is 11.7. The first-order valence-electron chi connectivity index (χ1n) is 7.09. The highest BCUT2D eigenvalue weighted by Gasteiger charge is 2.25. The molecule has 21 heavy (non-hydrogen) atoms. The number of hydrogen-bond acceptors (Lipinski definition) is 3. The predicted octanol–water partition coefficient (Wildman–Crippen LogP) is 1.71. The van der Waals surface area contributed by atoms with E-state index in [1.807, 2.05) is 30.3 Å². The molecule has 0 radical (unpaired) electrons. The Morgan fingerprint density at radius 1 is 1.05 bits per heavy atom. The van der Waals surface area contributed by atoms with Gasteiger partial charge in [0.15, 0.2) is 0 Å². The van der Waals surface area contributed by atoms with Gasteiger partial charge in [-0.1, -0.05) is 30.3 Å². The van der Waals surface area contributed by atoms with Crippen molar-refractivity contribution in [3.8, 4) is 0 Å². The van der Waals surface area contributed by atoms with Crippen LogP contribution in [0.1, 0.15) is 16.8 Å². The summed E-state index contributed by atoms with van der Waals surface area (Å²) in [6.45, 7) is 0. The molecule has 3 rings (SSSR count). The summed E-state index contributed by atoms with van der Waals surface area (Å²) in [5.41, 5.74) is 3.29. The molecule has 1 heterocycles. The lowest BCUT2D eigenvalue weighted by molar-refractivity contribution is 0.555. The maximum atomic E-state index is 12.2. The minimum atomic E-state index is -3.27. The largest absolute Gasteiger partial charge is 0.261 e. The van der Waals surface area contributed by atoms with Gasteiger partial charge in [-0.25, -0.2) is 13.1 Å². The summed E-state index contributed by atoms with van der Waals surface area (Å²) in [6, 6.07) is 13.7. The molecule has 2 aromatic rings. The van der Waals surface area contributed by atoms with Crippen molar-refractivity contribution in [2.75, 3.05) is 5.75 Å².